The number of halogens is 1. The van der Waals surface area contributed by atoms with E-state index < -0.39 is 0 Å². The standard InChI is InChI=1S/C21H19ClN2O2/c1-12-20(13(2)26-23-12)16-5-4-15-11-19(25)24(3)21(18(15)10-16)14-6-8-17(22)9-7-14/h4-10,21H,11H2,1-3H3. The molecule has 1 aliphatic heterocycles. The molecule has 0 aliphatic carbocycles. The Hall–Kier alpha value is -2.59. The van der Waals surface area contributed by atoms with Crippen LogP contribution >= 0.6 is 11.6 Å². The van der Waals surface area contributed by atoms with Crippen LogP contribution in [0.3, 0.4) is 0 Å². The lowest BCUT2D eigenvalue weighted by Crippen LogP contribution is -2.37. The molecular formula is C21H19ClN2O2. The summed E-state index contributed by atoms with van der Waals surface area (Å²) < 4.78 is 5.33. The Morgan fingerprint density at radius 3 is 2.54 bits per heavy atom. The summed E-state index contributed by atoms with van der Waals surface area (Å²) in [6.45, 7) is 3.86. The van der Waals surface area contributed by atoms with Crippen molar-refractivity contribution in [3.63, 3.8) is 0 Å². The van der Waals surface area contributed by atoms with Crippen LogP contribution in [0.5, 0.6) is 0 Å². The minimum absolute atomic E-state index is 0.113. The highest BCUT2D eigenvalue weighted by Crippen LogP contribution is 2.38. The van der Waals surface area contributed by atoms with Gasteiger partial charge in [-0.3, -0.25) is 4.79 Å². The van der Waals surface area contributed by atoms with Gasteiger partial charge in [0.1, 0.15) is 5.76 Å². The van der Waals surface area contributed by atoms with Gasteiger partial charge in [-0.1, -0.05) is 41.0 Å². The van der Waals surface area contributed by atoms with Crippen molar-refractivity contribution in [1.82, 2.24) is 10.1 Å². The normalized spacial score (nSPS) is 16.7. The summed E-state index contributed by atoms with van der Waals surface area (Å²) in [5.41, 5.74) is 6.17. The number of nitrogens with zero attached hydrogens (tertiary/aromatic N) is 2. The molecule has 1 atom stereocenters. The van der Waals surface area contributed by atoms with Gasteiger partial charge in [0.15, 0.2) is 0 Å². The van der Waals surface area contributed by atoms with Gasteiger partial charge in [-0.25, -0.2) is 0 Å². The molecule has 26 heavy (non-hydrogen) atoms. The van der Waals surface area contributed by atoms with Gasteiger partial charge in [0.25, 0.3) is 0 Å². The molecule has 132 valence electrons. The zero-order valence-corrected chi connectivity index (χ0v) is 15.7. The molecule has 0 radical (unpaired) electrons. The Balaban J connectivity index is 1.89. The predicted molar refractivity (Wildman–Crippen MR) is 101 cm³/mol. The Kier molecular flexibility index (Phi) is 4.08. The van der Waals surface area contributed by atoms with E-state index in [0.717, 1.165) is 39.3 Å². The molecule has 1 aliphatic rings. The fourth-order valence-corrected chi connectivity index (χ4v) is 3.88. The molecule has 0 saturated heterocycles. The number of aromatic nitrogens is 1. The quantitative estimate of drug-likeness (QED) is 0.659. The van der Waals surface area contributed by atoms with Gasteiger partial charge in [-0.2, -0.15) is 0 Å². The van der Waals surface area contributed by atoms with E-state index in [1.165, 1.54) is 0 Å². The Bertz CT molecular complexity index is 972. The molecule has 1 amide bonds. The summed E-state index contributed by atoms with van der Waals surface area (Å²) in [6, 6.07) is 13.8. The first-order valence-corrected chi connectivity index (χ1v) is 8.90. The van der Waals surface area contributed by atoms with E-state index in [9.17, 15) is 4.79 Å². The lowest BCUT2D eigenvalue weighted by molar-refractivity contribution is -0.131. The average Bonchev–Trinajstić information content (AvgIpc) is 2.96. The molecule has 2 aromatic carbocycles. The molecule has 0 N–H and O–H groups in total. The number of aryl methyl sites for hydroxylation is 2. The van der Waals surface area contributed by atoms with E-state index in [1.54, 1.807) is 0 Å². The van der Waals surface area contributed by atoms with Crippen LogP contribution in [0.1, 0.15) is 34.2 Å². The number of hydrogen-bond donors (Lipinski definition) is 0. The van der Waals surface area contributed by atoms with Gasteiger partial charge in [0, 0.05) is 17.6 Å². The minimum atomic E-state index is -0.135. The van der Waals surface area contributed by atoms with Gasteiger partial charge in [0.2, 0.25) is 5.91 Å². The predicted octanol–water partition coefficient (Wildman–Crippen LogP) is 4.72. The van der Waals surface area contributed by atoms with E-state index in [2.05, 4.69) is 11.2 Å². The number of carbonyl (C=O) groups is 1. The van der Waals surface area contributed by atoms with Crippen molar-refractivity contribution in [2.24, 2.45) is 0 Å². The first kappa shape index (κ1) is 16.9. The molecule has 4 rings (SSSR count). The van der Waals surface area contributed by atoms with Crippen LogP contribution in [0.2, 0.25) is 5.02 Å². The Morgan fingerprint density at radius 1 is 1.15 bits per heavy atom. The van der Waals surface area contributed by atoms with Gasteiger partial charge >= 0.3 is 0 Å². The van der Waals surface area contributed by atoms with E-state index in [1.807, 2.05) is 62.2 Å². The van der Waals surface area contributed by atoms with E-state index in [0.29, 0.717) is 11.4 Å². The van der Waals surface area contributed by atoms with Crippen molar-refractivity contribution in [1.29, 1.82) is 0 Å². The van der Waals surface area contributed by atoms with Crippen LogP contribution < -0.4 is 0 Å². The lowest BCUT2D eigenvalue weighted by atomic mass is 9.86. The number of likely N-dealkylation sites (N-methyl/N-ethyl adjacent to an activating group) is 1. The van der Waals surface area contributed by atoms with E-state index in [4.69, 9.17) is 16.1 Å². The minimum Gasteiger partial charge on any atom is -0.361 e. The summed E-state index contributed by atoms with van der Waals surface area (Å²) in [5, 5.41) is 4.75. The zero-order chi connectivity index (χ0) is 18.4. The molecular weight excluding hydrogens is 348 g/mol. The van der Waals surface area contributed by atoms with Gasteiger partial charge < -0.3 is 9.42 Å². The molecule has 5 heteroatoms. The van der Waals surface area contributed by atoms with Crippen LogP contribution in [0.4, 0.5) is 0 Å². The number of rotatable bonds is 2. The van der Waals surface area contributed by atoms with Crippen molar-refractivity contribution in [3.05, 3.63) is 75.6 Å². The van der Waals surface area contributed by atoms with Crippen molar-refractivity contribution in [3.8, 4) is 11.1 Å². The number of hydrogen-bond acceptors (Lipinski definition) is 3. The molecule has 0 saturated carbocycles. The van der Waals surface area contributed by atoms with E-state index >= 15 is 0 Å². The fourth-order valence-electron chi connectivity index (χ4n) is 3.75. The molecule has 1 unspecified atom stereocenters. The lowest BCUT2D eigenvalue weighted by Gasteiger charge is -2.35. The molecule has 0 fully saturated rings. The highest BCUT2D eigenvalue weighted by Gasteiger charge is 2.31. The van der Waals surface area contributed by atoms with Crippen molar-refractivity contribution in [2.45, 2.75) is 26.3 Å². The zero-order valence-electron chi connectivity index (χ0n) is 14.9. The first-order chi connectivity index (χ1) is 12.5. The smallest absolute Gasteiger partial charge is 0.227 e. The highest BCUT2D eigenvalue weighted by molar-refractivity contribution is 6.30. The van der Waals surface area contributed by atoms with Crippen molar-refractivity contribution in [2.75, 3.05) is 7.05 Å². The molecule has 4 nitrogen and oxygen atoms in total. The number of benzene rings is 2. The number of fused-ring (bicyclic) bond motifs is 1. The maximum Gasteiger partial charge on any atom is 0.227 e. The maximum absolute atomic E-state index is 12.5. The monoisotopic (exact) mass is 366 g/mol. The molecule has 3 aromatic rings. The molecule has 1 aromatic heterocycles. The molecule has 0 spiro atoms. The third kappa shape index (κ3) is 2.71. The van der Waals surface area contributed by atoms with Crippen LogP contribution in [0, 0.1) is 13.8 Å². The summed E-state index contributed by atoms with van der Waals surface area (Å²) in [5.74, 6) is 0.910. The molecule has 2 heterocycles. The Labute approximate surface area is 157 Å². The van der Waals surface area contributed by atoms with E-state index in [-0.39, 0.29) is 11.9 Å². The van der Waals surface area contributed by atoms with Crippen molar-refractivity contribution >= 4 is 17.5 Å². The summed E-state index contributed by atoms with van der Waals surface area (Å²) >= 11 is 6.05. The van der Waals surface area contributed by atoms with Crippen LogP contribution in [-0.2, 0) is 11.2 Å². The summed E-state index contributed by atoms with van der Waals surface area (Å²) in [7, 11) is 1.85. The van der Waals surface area contributed by atoms with Crippen LogP contribution in [0.15, 0.2) is 47.0 Å². The van der Waals surface area contributed by atoms with Gasteiger partial charge in [-0.05, 0) is 54.3 Å². The third-order valence-corrected chi connectivity index (χ3v) is 5.32. The highest BCUT2D eigenvalue weighted by atomic mass is 35.5. The van der Waals surface area contributed by atoms with Crippen molar-refractivity contribution < 1.29 is 9.32 Å². The second kappa shape index (κ2) is 6.29. The second-order valence-electron chi connectivity index (χ2n) is 6.75. The number of amides is 1. The van der Waals surface area contributed by atoms with Gasteiger partial charge in [0.05, 0.1) is 18.2 Å². The first-order valence-electron chi connectivity index (χ1n) is 8.53. The SMILES string of the molecule is Cc1noc(C)c1-c1ccc2c(c1)C(c1ccc(Cl)cc1)N(C)C(=O)C2. The third-order valence-electron chi connectivity index (χ3n) is 5.07. The van der Waals surface area contributed by atoms with Crippen LogP contribution in [-0.4, -0.2) is 23.0 Å². The number of carbonyl (C=O) groups excluding carboxylic acids is 1. The maximum atomic E-state index is 12.5. The average molecular weight is 367 g/mol. The second-order valence-corrected chi connectivity index (χ2v) is 7.18. The van der Waals surface area contributed by atoms with Crippen LogP contribution in [0.25, 0.3) is 11.1 Å². The molecule has 0 bridgehead atoms. The topological polar surface area (TPSA) is 46.3 Å². The Morgan fingerprint density at radius 2 is 1.88 bits per heavy atom. The largest absolute Gasteiger partial charge is 0.361 e. The summed E-state index contributed by atoms with van der Waals surface area (Å²) in [6.07, 6.45) is 0.414. The fraction of sp³-hybridized carbons (Fsp3) is 0.238. The summed E-state index contributed by atoms with van der Waals surface area (Å²) in [4.78, 5) is 14.3. The van der Waals surface area contributed by atoms with Gasteiger partial charge in [-0.15, -0.1) is 0 Å².